The first-order chi connectivity index (χ1) is 9.00. The van der Waals surface area contributed by atoms with Crippen LogP contribution in [0, 0.1) is 5.41 Å². The van der Waals surface area contributed by atoms with Crippen molar-refractivity contribution in [1.29, 1.82) is 0 Å². The lowest BCUT2D eigenvalue weighted by atomic mass is 9.90. The molecule has 0 aromatic heterocycles. The zero-order chi connectivity index (χ0) is 14.3. The fourth-order valence-electron chi connectivity index (χ4n) is 1.71. The van der Waals surface area contributed by atoms with Gasteiger partial charge in [-0.25, -0.2) is 4.79 Å². The van der Waals surface area contributed by atoms with Gasteiger partial charge in [-0.05, 0) is 24.3 Å². The average Bonchev–Trinajstić information content (AvgIpc) is 2.40. The number of nitrogens with one attached hydrogen (secondary N) is 1. The predicted octanol–water partition coefficient (Wildman–Crippen LogP) is 3.32. The molecule has 0 saturated heterocycles. The third-order valence-corrected chi connectivity index (χ3v) is 3.40. The summed E-state index contributed by atoms with van der Waals surface area (Å²) in [5.41, 5.74) is 1.12. The molecule has 1 unspecified atom stereocenters. The molecule has 0 bridgehead atoms. The molecule has 19 heavy (non-hydrogen) atoms. The van der Waals surface area contributed by atoms with Crippen molar-refractivity contribution in [2.45, 2.75) is 40.2 Å². The molecule has 1 rings (SSSR count). The van der Waals surface area contributed by atoms with E-state index in [1.807, 2.05) is 37.3 Å². The van der Waals surface area contributed by atoms with Gasteiger partial charge in [-0.1, -0.05) is 51.1 Å². The summed E-state index contributed by atoms with van der Waals surface area (Å²) in [6.45, 7) is 9.54. The maximum atomic E-state index is 12.1. The Kier molecular flexibility index (Phi) is 6.03. The number of benzene rings is 1. The van der Waals surface area contributed by atoms with E-state index in [0.29, 0.717) is 6.61 Å². The van der Waals surface area contributed by atoms with Crippen LogP contribution in [-0.4, -0.2) is 19.1 Å². The van der Waals surface area contributed by atoms with Crippen molar-refractivity contribution in [3.8, 4) is 0 Å². The fourth-order valence-corrected chi connectivity index (χ4v) is 1.71. The van der Waals surface area contributed by atoms with Gasteiger partial charge in [-0.3, -0.25) is 0 Å². The molecule has 0 aliphatic heterocycles. The molecule has 3 nitrogen and oxygen atoms in total. The number of esters is 1. The number of hydrogen-bond acceptors (Lipinski definition) is 3. The Hall–Kier alpha value is -1.35. The Balaban J connectivity index is 2.79. The summed E-state index contributed by atoms with van der Waals surface area (Å²) < 4.78 is 5.16. The zero-order valence-corrected chi connectivity index (χ0v) is 12.4. The molecule has 0 aliphatic carbocycles. The Morgan fingerprint density at radius 3 is 2.42 bits per heavy atom. The van der Waals surface area contributed by atoms with Crippen LogP contribution in [0.4, 0.5) is 0 Å². The highest BCUT2D eigenvalue weighted by Gasteiger charge is 2.24. The number of carbonyl (C=O) groups excluding carboxylic acids is 1. The van der Waals surface area contributed by atoms with Gasteiger partial charge in [-0.15, -0.1) is 0 Å². The van der Waals surface area contributed by atoms with Crippen LogP contribution in [0.3, 0.4) is 0 Å². The molecule has 1 N–H and O–H groups in total. The number of hydrogen-bond donors (Lipinski definition) is 1. The van der Waals surface area contributed by atoms with Crippen molar-refractivity contribution in [1.82, 2.24) is 5.32 Å². The molecule has 0 radical (unpaired) electrons. The molecule has 1 aromatic carbocycles. The third kappa shape index (κ3) is 5.03. The van der Waals surface area contributed by atoms with Crippen LogP contribution in [0.2, 0.25) is 0 Å². The molecule has 0 saturated carbocycles. The number of ether oxygens (including phenoxy) is 1. The minimum Gasteiger partial charge on any atom is -0.465 e. The van der Waals surface area contributed by atoms with Crippen molar-refractivity contribution in [3.05, 3.63) is 35.9 Å². The molecule has 0 amide bonds. The van der Waals surface area contributed by atoms with Crippen molar-refractivity contribution in [2.75, 3.05) is 13.2 Å². The molecule has 1 aromatic rings. The van der Waals surface area contributed by atoms with E-state index in [-0.39, 0.29) is 17.4 Å². The van der Waals surface area contributed by atoms with Gasteiger partial charge in [0.25, 0.3) is 0 Å². The lowest BCUT2D eigenvalue weighted by Crippen LogP contribution is -2.36. The van der Waals surface area contributed by atoms with E-state index in [2.05, 4.69) is 26.1 Å². The molecule has 106 valence electrons. The standard InChI is InChI=1S/C16H25NO2/c1-5-16(3,4)12-17-14(15(18)19-6-2)13-10-8-7-9-11-13/h7-11,14,17H,5-6,12H2,1-4H3. The van der Waals surface area contributed by atoms with Gasteiger partial charge < -0.3 is 10.1 Å². The summed E-state index contributed by atoms with van der Waals surface area (Å²) in [5, 5.41) is 3.34. The van der Waals surface area contributed by atoms with Crippen LogP contribution >= 0.6 is 0 Å². The van der Waals surface area contributed by atoms with Gasteiger partial charge in [0.1, 0.15) is 6.04 Å². The highest BCUT2D eigenvalue weighted by Crippen LogP contribution is 2.21. The maximum absolute atomic E-state index is 12.1. The van der Waals surface area contributed by atoms with E-state index in [0.717, 1.165) is 18.5 Å². The quantitative estimate of drug-likeness (QED) is 0.767. The molecule has 0 fully saturated rings. The highest BCUT2D eigenvalue weighted by molar-refractivity contribution is 5.77. The molecule has 1 atom stereocenters. The van der Waals surface area contributed by atoms with E-state index in [4.69, 9.17) is 4.74 Å². The minimum absolute atomic E-state index is 0.166. The summed E-state index contributed by atoms with van der Waals surface area (Å²) in [6.07, 6.45) is 1.06. The van der Waals surface area contributed by atoms with Crippen LogP contribution in [0.25, 0.3) is 0 Å². The normalized spacial score (nSPS) is 13.1. The minimum atomic E-state index is -0.382. The van der Waals surface area contributed by atoms with E-state index in [9.17, 15) is 4.79 Å². The van der Waals surface area contributed by atoms with Gasteiger partial charge in [0, 0.05) is 6.54 Å². The summed E-state index contributed by atoms with van der Waals surface area (Å²) in [4.78, 5) is 12.1. The summed E-state index contributed by atoms with van der Waals surface area (Å²) in [7, 11) is 0. The van der Waals surface area contributed by atoms with Crippen LogP contribution in [-0.2, 0) is 9.53 Å². The SMILES string of the molecule is CCOC(=O)C(NCC(C)(C)CC)c1ccccc1. The van der Waals surface area contributed by atoms with E-state index in [1.54, 1.807) is 0 Å². The Morgan fingerprint density at radius 2 is 1.89 bits per heavy atom. The summed E-state index contributed by atoms with van der Waals surface area (Å²) >= 11 is 0. The fraction of sp³-hybridized carbons (Fsp3) is 0.562. The largest absolute Gasteiger partial charge is 0.465 e. The summed E-state index contributed by atoms with van der Waals surface area (Å²) in [6, 6.07) is 9.34. The van der Waals surface area contributed by atoms with Gasteiger partial charge >= 0.3 is 5.97 Å². The first kappa shape index (κ1) is 15.7. The van der Waals surface area contributed by atoms with Gasteiger partial charge in [-0.2, -0.15) is 0 Å². The monoisotopic (exact) mass is 263 g/mol. The molecule has 0 spiro atoms. The topological polar surface area (TPSA) is 38.3 Å². The average molecular weight is 263 g/mol. The van der Waals surface area contributed by atoms with Gasteiger partial charge in [0.05, 0.1) is 6.61 Å². The van der Waals surface area contributed by atoms with Crippen LogP contribution in [0.5, 0.6) is 0 Å². The van der Waals surface area contributed by atoms with Crippen LogP contribution in [0.15, 0.2) is 30.3 Å². The lowest BCUT2D eigenvalue weighted by molar-refractivity contribution is -0.146. The van der Waals surface area contributed by atoms with Crippen LogP contribution < -0.4 is 5.32 Å². The molecule has 0 heterocycles. The van der Waals surface area contributed by atoms with Crippen LogP contribution in [0.1, 0.15) is 45.7 Å². The Bertz CT molecular complexity index is 387. The molecule has 3 heteroatoms. The second-order valence-corrected chi connectivity index (χ2v) is 5.49. The van der Waals surface area contributed by atoms with E-state index in [1.165, 1.54) is 0 Å². The van der Waals surface area contributed by atoms with Crippen molar-refractivity contribution in [2.24, 2.45) is 5.41 Å². The third-order valence-electron chi connectivity index (χ3n) is 3.40. The highest BCUT2D eigenvalue weighted by atomic mass is 16.5. The van der Waals surface area contributed by atoms with E-state index >= 15 is 0 Å². The number of rotatable bonds is 7. The Labute approximate surface area is 116 Å². The lowest BCUT2D eigenvalue weighted by Gasteiger charge is -2.26. The summed E-state index contributed by atoms with van der Waals surface area (Å²) in [5.74, 6) is -0.208. The van der Waals surface area contributed by atoms with E-state index < -0.39 is 0 Å². The first-order valence-corrected chi connectivity index (χ1v) is 6.95. The van der Waals surface area contributed by atoms with Crippen molar-refractivity contribution >= 4 is 5.97 Å². The number of carbonyl (C=O) groups is 1. The molecule has 0 aliphatic rings. The maximum Gasteiger partial charge on any atom is 0.327 e. The zero-order valence-electron chi connectivity index (χ0n) is 12.4. The second kappa shape index (κ2) is 7.29. The molecular weight excluding hydrogens is 238 g/mol. The molecular formula is C16H25NO2. The van der Waals surface area contributed by atoms with Gasteiger partial charge in [0.2, 0.25) is 0 Å². The first-order valence-electron chi connectivity index (χ1n) is 6.95. The smallest absolute Gasteiger partial charge is 0.327 e. The van der Waals surface area contributed by atoms with Crippen molar-refractivity contribution in [3.63, 3.8) is 0 Å². The Morgan fingerprint density at radius 1 is 1.26 bits per heavy atom. The van der Waals surface area contributed by atoms with Crippen molar-refractivity contribution < 1.29 is 9.53 Å². The van der Waals surface area contributed by atoms with Gasteiger partial charge in [0.15, 0.2) is 0 Å². The predicted molar refractivity (Wildman–Crippen MR) is 77.9 cm³/mol. The second-order valence-electron chi connectivity index (χ2n) is 5.49.